The third-order valence-corrected chi connectivity index (χ3v) is 3.31. The van der Waals surface area contributed by atoms with E-state index in [1.165, 1.54) is 25.1 Å². The molecule has 2 rings (SSSR count). The van der Waals surface area contributed by atoms with Crippen LogP contribution in [0.1, 0.15) is 31.4 Å². The highest BCUT2D eigenvalue weighted by Gasteiger charge is 2.21. The van der Waals surface area contributed by atoms with E-state index in [1.807, 2.05) is 6.07 Å². The minimum absolute atomic E-state index is 0.253. The van der Waals surface area contributed by atoms with Gasteiger partial charge in [-0.2, -0.15) is 0 Å². The largest absolute Gasteiger partial charge is 0.317 e. The second-order valence-corrected chi connectivity index (χ2v) is 4.28. The molecule has 1 aromatic heterocycles. The van der Waals surface area contributed by atoms with Crippen LogP contribution in [0.3, 0.4) is 0 Å². The zero-order valence-corrected chi connectivity index (χ0v) is 9.04. The highest BCUT2D eigenvalue weighted by Crippen LogP contribution is 2.29. The van der Waals surface area contributed by atoms with Crippen molar-refractivity contribution >= 4 is 0 Å². The maximum Gasteiger partial charge on any atom is 0.141 e. The molecule has 2 nitrogen and oxygen atoms in total. The predicted octanol–water partition coefficient (Wildman–Crippen LogP) is 2.32. The molecule has 3 heteroatoms. The summed E-state index contributed by atoms with van der Waals surface area (Å²) in [6, 6.07) is 3.31. The molecule has 1 aromatic rings. The van der Waals surface area contributed by atoms with Crippen LogP contribution in [0.25, 0.3) is 0 Å². The van der Waals surface area contributed by atoms with Gasteiger partial charge in [-0.3, -0.25) is 4.98 Å². The third kappa shape index (κ3) is 2.53. The van der Waals surface area contributed by atoms with Gasteiger partial charge in [0.05, 0.1) is 6.20 Å². The molecule has 0 amide bonds. The zero-order chi connectivity index (χ0) is 10.7. The van der Waals surface area contributed by atoms with Crippen LogP contribution < -0.4 is 5.32 Å². The van der Waals surface area contributed by atoms with E-state index in [0.717, 1.165) is 18.8 Å². The summed E-state index contributed by atoms with van der Waals surface area (Å²) >= 11 is 0. The fourth-order valence-corrected chi connectivity index (χ4v) is 2.24. The molecular weight excluding hydrogens is 191 g/mol. The molecule has 1 aliphatic rings. The second kappa shape index (κ2) is 4.71. The van der Waals surface area contributed by atoms with E-state index in [9.17, 15) is 4.39 Å². The maximum absolute atomic E-state index is 12.7. The van der Waals surface area contributed by atoms with Gasteiger partial charge in [-0.15, -0.1) is 0 Å². The molecule has 1 fully saturated rings. The molecule has 1 N–H and O–H groups in total. The number of pyridine rings is 1. The van der Waals surface area contributed by atoms with Gasteiger partial charge in [-0.05, 0) is 44.0 Å². The molecule has 15 heavy (non-hydrogen) atoms. The van der Waals surface area contributed by atoms with E-state index in [1.54, 1.807) is 0 Å². The summed E-state index contributed by atoms with van der Waals surface area (Å²) in [6.07, 6.45) is 3.70. The van der Waals surface area contributed by atoms with E-state index in [-0.39, 0.29) is 5.82 Å². The monoisotopic (exact) mass is 208 g/mol. The highest BCUT2D eigenvalue weighted by atomic mass is 19.1. The molecule has 0 spiro atoms. The highest BCUT2D eigenvalue weighted by molar-refractivity contribution is 5.11. The van der Waals surface area contributed by atoms with Gasteiger partial charge in [-0.25, -0.2) is 4.39 Å². The van der Waals surface area contributed by atoms with Crippen LogP contribution in [0, 0.1) is 11.7 Å². The number of nitrogens with one attached hydrogen (secondary N) is 1. The van der Waals surface area contributed by atoms with E-state index < -0.39 is 0 Å². The van der Waals surface area contributed by atoms with Crippen LogP contribution in [0.15, 0.2) is 18.3 Å². The van der Waals surface area contributed by atoms with Crippen LogP contribution >= 0.6 is 0 Å². The molecule has 2 heterocycles. The van der Waals surface area contributed by atoms with E-state index in [0.29, 0.717) is 11.8 Å². The number of hydrogen-bond acceptors (Lipinski definition) is 2. The standard InChI is InChI=1S/C12H17FN2/c1-9(10-4-6-14-7-5-10)12-3-2-11(13)8-15-12/h2-3,8-10,14H,4-7H2,1H3. The number of halogens is 1. The predicted molar refractivity (Wildman–Crippen MR) is 58.2 cm³/mol. The Kier molecular flexibility index (Phi) is 3.31. The van der Waals surface area contributed by atoms with Crippen molar-refractivity contribution in [1.82, 2.24) is 10.3 Å². The van der Waals surface area contributed by atoms with Crippen molar-refractivity contribution in [2.24, 2.45) is 5.92 Å². The Balaban J connectivity index is 2.05. The van der Waals surface area contributed by atoms with Crippen LogP contribution in [-0.2, 0) is 0 Å². The first-order valence-electron chi connectivity index (χ1n) is 5.59. The molecule has 1 atom stereocenters. The lowest BCUT2D eigenvalue weighted by molar-refractivity contribution is 0.326. The summed E-state index contributed by atoms with van der Waals surface area (Å²) in [7, 11) is 0. The van der Waals surface area contributed by atoms with Gasteiger partial charge in [0, 0.05) is 11.6 Å². The van der Waals surface area contributed by atoms with Crippen molar-refractivity contribution in [2.75, 3.05) is 13.1 Å². The molecule has 0 aliphatic carbocycles. The van der Waals surface area contributed by atoms with Crippen LogP contribution in [-0.4, -0.2) is 18.1 Å². The molecule has 1 aliphatic heterocycles. The van der Waals surface area contributed by atoms with E-state index >= 15 is 0 Å². The smallest absolute Gasteiger partial charge is 0.141 e. The summed E-state index contributed by atoms with van der Waals surface area (Å²) in [5, 5.41) is 3.35. The van der Waals surface area contributed by atoms with Gasteiger partial charge >= 0.3 is 0 Å². The Labute approximate surface area is 89.9 Å². The minimum Gasteiger partial charge on any atom is -0.317 e. The topological polar surface area (TPSA) is 24.9 Å². The molecule has 0 bridgehead atoms. The number of aromatic nitrogens is 1. The zero-order valence-electron chi connectivity index (χ0n) is 9.04. The molecular formula is C12H17FN2. The van der Waals surface area contributed by atoms with Gasteiger partial charge in [0.2, 0.25) is 0 Å². The Morgan fingerprint density at radius 1 is 1.40 bits per heavy atom. The molecule has 0 saturated carbocycles. The Morgan fingerprint density at radius 3 is 2.73 bits per heavy atom. The third-order valence-electron chi connectivity index (χ3n) is 3.31. The summed E-state index contributed by atoms with van der Waals surface area (Å²) in [5.74, 6) is 0.869. The van der Waals surface area contributed by atoms with E-state index in [2.05, 4.69) is 17.2 Å². The molecule has 1 saturated heterocycles. The molecule has 1 unspecified atom stereocenters. The van der Waals surface area contributed by atoms with Crippen molar-refractivity contribution in [2.45, 2.75) is 25.7 Å². The summed E-state index contributed by atoms with van der Waals surface area (Å²) in [6.45, 7) is 4.38. The Morgan fingerprint density at radius 2 is 2.13 bits per heavy atom. The molecule has 0 radical (unpaired) electrons. The quantitative estimate of drug-likeness (QED) is 0.806. The first-order valence-corrected chi connectivity index (χ1v) is 5.59. The van der Waals surface area contributed by atoms with Crippen molar-refractivity contribution in [3.05, 3.63) is 29.8 Å². The van der Waals surface area contributed by atoms with Gasteiger partial charge in [0.25, 0.3) is 0 Å². The fraction of sp³-hybridized carbons (Fsp3) is 0.583. The summed E-state index contributed by atoms with van der Waals surface area (Å²) in [5.41, 5.74) is 1.02. The van der Waals surface area contributed by atoms with Gasteiger partial charge < -0.3 is 5.32 Å². The van der Waals surface area contributed by atoms with Crippen LogP contribution in [0.5, 0.6) is 0 Å². The average molecular weight is 208 g/mol. The lowest BCUT2D eigenvalue weighted by atomic mass is 9.84. The van der Waals surface area contributed by atoms with Crippen LogP contribution in [0.4, 0.5) is 4.39 Å². The van der Waals surface area contributed by atoms with Crippen molar-refractivity contribution in [3.63, 3.8) is 0 Å². The van der Waals surface area contributed by atoms with Gasteiger partial charge in [-0.1, -0.05) is 6.92 Å². The van der Waals surface area contributed by atoms with Crippen molar-refractivity contribution < 1.29 is 4.39 Å². The van der Waals surface area contributed by atoms with Crippen molar-refractivity contribution in [1.29, 1.82) is 0 Å². The SMILES string of the molecule is CC(c1ccc(F)cn1)C1CCNCC1. The second-order valence-electron chi connectivity index (χ2n) is 4.28. The summed E-state index contributed by atoms with van der Waals surface area (Å²) < 4.78 is 12.7. The number of hydrogen-bond donors (Lipinski definition) is 1. The Bertz CT molecular complexity index is 304. The van der Waals surface area contributed by atoms with Gasteiger partial charge in [0.1, 0.15) is 5.82 Å². The number of piperidine rings is 1. The first-order chi connectivity index (χ1) is 7.27. The Hall–Kier alpha value is -0.960. The van der Waals surface area contributed by atoms with E-state index in [4.69, 9.17) is 0 Å². The maximum atomic E-state index is 12.7. The normalized spacial score (nSPS) is 20.1. The average Bonchev–Trinajstić information content (AvgIpc) is 2.30. The van der Waals surface area contributed by atoms with Crippen molar-refractivity contribution in [3.8, 4) is 0 Å². The lowest BCUT2D eigenvalue weighted by Gasteiger charge is -2.27. The lowest BCUT2D eigenvalue weighted by Crippen LogP contribution is -2.30. The molecule has 82 valence electrons. The first kappa shape index (κ1) is 10.6. The van der Waals surface area contributed by atoms with Gasteiger partial charge in [0.15, 0.2) is 0 Å². The minimum atomic E-state index is -0.253. The molecule has 0 aromatic carbocycles. The number of nitrogens with zero attached hydrogens (tertiary/aromatic N) is 1. The summed E-state index contributed by atoms with van der Waals surface area (Å²) in [4.78, 5) is 4.16. The van der Waals surface area contributed by atoms with Crippen LogP contribution in [0.2, 0.25) is 0 Å². The number of rotatable bonds is 2. The fourth-order valence-electron chi connectivity index (χ4n) is 2.24.